The van der Waals surface area contributed by atoms with Gasteiger partial charge in [-0.1, -0.05) is 45.8 Å². The number of benzene rings is 1. The fourth-order valence-corrected chi connectivity index (χ4v) is 5.54. The minimum absolute atomic E-state index is 0.240. The summed E-state index contributed by atoms with van der Waals surface area (Å²) >= 11 is 12.5. The highest BCUT2D eigenvalue weighted by atomic mass is 79.9. The van der Waals surface area contributed by atoms with Gasteiger partial charge in [-0.2, -0.15) is 0 Å². The zero-order valence-corrected chi connectivity index (χ0v) is 14.1. The molecule has 16 heavy (non-hydrogen) atoms. The fourth-order valence-electron chi connectivity index (χ4n) is 1.53. The Kier molecular flexibility index (Phi) is 4.27. The minimum atomic E-state index is 0.240. The number of hydrogen-bond acceptors (Lipinski definition) is 1. The lowest BCUT2D eigenvalue weighted by atomic mass is 10.1. The number of aryl methyl sites for hydroxylation is 1. The maximum Gasteiger partial charge on any atom is 0.0757 e. The molecule has 0 N–H and O–H groups in total. The van der Waals surface area contributed by atoms with Crippen LogP contribution in [0, 0.1) is 6.92 Å². The lowest BCUT2D eigenvalue weighted by molar-refractivity contribution is 1.17. The molecular formula is C12H9Br3S. The van der Waals surface area contributed by atoms with E-state index in [2.05, 4.69) is 85.0 Å². The lowest BCUT2D eigenvalue weighted by Crippen LogP contribution is -1.91. The molecule has 1 heterocycles. The van der Waals surface area contributed by atoms with Crippen molar-refractivity contribution in [1.82, 2.24) is 0 Å². The van der Waals surface area contributed by atoms with Crippen LogP contribution in [-0.2, 0) is 0 Å². The largest absolute Gasteiger partial charge is 0.121 e. The summed E-state index contributed by atoms with van der Waals surface area (Å²) in [5.74, 6) is 0. The molecule has 1 aromatic heterocycles. The highest BCUT2D eigenvalue weighted by Gasteiger charge is 2.16. The van der Waals surface area contributed by atoms with Gasteiger partial charge in [0.1, 0.15) is 0 Å². The summed E-state index contributed by atoms with van der Waals surface area (Å²) in [6.07, 6.45) is 0. The van der Waals surface area contributed by atoms with Gasteiger partial charge in [-0.15, -0.1) is 11.3 Å². The number of halogens is 3. The van der Waals surface area contributed by atoms with Gasteiger partial charge in [-0.05, 0) is 56.0 Å². The molecule has 0 aliphatic heterocycles. The van der Waals surface area contributed by atoms with Crippen LogP contribution in [0.25, 0.3) is 0 Å². The summed E-state index contributed by atoms with van der Waals surface area (Å²) in [7, 11) is 0. The Labute approximate surface area is 124 Å². The molecule has 0 fully saturated rings. The van der Waals surface area contributed by atoms with Crippen molar-refractivity contribution in [2.75, 3.05) is 0 Å². The summed E-state index contributed by atoms with van der Waals surface area (Å²) < 4.78 is 2.31. The molecule has 0 nitrogen and oxygen atoms in total. The van der Waals surface area contributed by atoms with E-state index < -0.39 is 0 Å². The molecule has 1 unspecified atom stereocenters. The van der Waals surface area contributed by atoms with Crippen LogP contribution in [0.5, 0.6) is 0 Å². The zero-order chi connectivity index (χ0) is 11.7. The van der Waals surface area contributed by atoms with Gasteiger partial charge in [-0.3, -0.25) is 0 Å². The van der Waals surface area contributed by atoms with E-state index in [0.717, 1.165) is 3.79 Å². The molecule has 0 spiro atoms. The van der Waals surface area contributed by atoms with E-state index in [4.69, 9.17) is 0 Å². The van der Waals surface area contributed by atoms with E-state index in [-0.39, 0.29) is 4.83 Å². The first-order valence-corrected chi connectivity index (χ1v) is 8.05. The van der Waals surface area contributed by atoms with Gasteiger partial charge in [0.15, 0.2) is 0 Å². The normalized spacial score (nSPS) is 12.8. The van der Waals surface area contributed by atoms with E-state index in [1.54, 1.807) is 11.3 Å². The van der Waals surface area contributed by atoms with Gasteiger partial charge >= 0.3 is 0 Å². The van der Waals surface area contributed by atoms with Gasteiger partial charge in [0.25, 0.3) is 0 Å². The average Bonchev–Trinajstić information content (AvgIpc) is 2.57. The molecule has 0 aliphatic rings. The van der Waals surface area contributed by atoms with Crippen molar-refractivity contribution < 1.29 is 0 Å². The number of alkyl halides is 1. The molecule has 0 radical (unpaired) electrons. The molecule has 0 saturated heterocycles. The van der Waals surface area contributed by atoms with E-state index in [9.17, 15) is 0 Å². The second kappa shape index (κ2) is 5.34. The first-order chi connectivity index (χ1) is 7.58. The Bertz CT molecular complexity index is 505. The Hall–Kier alpha value is 0.360. The molecule has 1 atom stereocenters. The summed E-state index contributed by atoms with van der Waals surface area (Å²) in [6.45, 7) is 2.11. The van der Waals surface area contributed by atoms with Crippen molar-refractivity contribution in [2.24, 2.45) is 0 Å². The van der Waals surface area contributed by atoms with Crippen LogP contribution in [0.2, 0.25) is 0 Å². The number of thiophene rings is 1. The highest BCUT2D eigenvalue weighted by molar-refractivity contribution is 9.12. The average molecular weight is 425 g/mol. The van der Waals surface area contributed by atoms with Crippen LogP contribution < -0.4 is 0 Å². The van der Waals surface area contributed by atoms with E-state index in [1.165, 1.54) is 20.5 Å². The quantitative estimate of drug-likeness (QED) is 0.513. The zero-order valence-electron chi connectivity index (χ0n) is 8.51. The lowest BCUT2D eigenvalue weighted by Gasteiger charge is -2.10. The van der Waals surface area contributed by atoms with Crippen molar-refractivity contribution in [3.63, 3.8) is 0 Å². The maximum absolute atomic E-state index is 3.75. The van der Waals surface area contributed by atoms with E-state index in [1.807, 2.05) is 0 Å². The maximum atomic E-state index is 3.75. The van der Waals surface area contributed by atoms with Crippen molar-refractivity contribution >= 4 is 59.1 Å². The number of hydrogen-bond donors (Lipinski definition) is 0. The third kappa shape index (κ3) is 2.78. The summed E-state index contributed by atoms with van der Waals surface area (Å²) in [5.41, 5.74) is 3.83. The molecule has 84 valence electrons. The topological polar surface area (TPSA) is 0 Å². The molecule has 1 aromatic carbocycles. The standard InChI is InChI=1S/C12H9Br3S/c1-7-3-2-4-8(5-7)11(14)9-6-10(13)16-12(9)15/h2-6,11H,1H3. The van der Waals surface area contributed by atoms with Gasteiger partial charge in [0, 0.05) is 0 Å². The molecule has 0 amide bonds. The number of rotatable bonds is 2. The second-order valence-corrected chi connectivity index (χ2v) is 8.22. The molecule has 0 aliphatic carbocycles. The van der Waals surface area contributed by atoms with Crippen LogP contribution in [0.15, 0.2) is 37.9 Å². The smallest absolute Gasteiger partial charge is 0.0757 e. The fraction of sp³-hybridized carbons (Fsp3) is 0.167. The Morgan fingerprint density at radius 2 is 1.94 bits per heavy atom. The minimum Gasteiger partial charge on any atom is -0.121 e. The van der Waals surface area contributed by atoms with Crippen molar-refractivity contribution in [1.29, 1.82) is 0 Å². The summed E-state index contributed by atoms with van der Waals surface area (Å²) in [6, 6.07) is 10.7. The summed E-state index contributed by atoms with van der Waals surface area (Å²) in [4.78, 5) is 0.240. The first-order valence-electron chi connectivity index (χ1n) is 4.73. The van der Waals surface area contributed by atoms with Gasteiger partial charge < -0.3 is 0 Å². The van der Waals surface area contributed by atoms with Gasteiger partial charge in [0.2, 0.25) is 0 Å². The van der Waals surface area contributed by atoms with Crippen LogP contribution in [0.1, 0.15) is 21.5 Å². The van der Waals surface area contributed by atoms with E-state index in [0.29, 0.717) is 0 Å². The van der Waals surface area contributed by atoms with Gasteiger partial charge in [-0.25, -0.2) is 0 Å². The SMILES string of the molecule is Cc1cccc(C(Br)c2cc(Br)sc2Br)c1. The monoisotopic (exact) mass is 422 g/mol. The molecular weight excluding hydrogens is 416 g/mol. The van der Waals surface area contributed by atoms with Crippen molar-refractivity contribution in [3.8, 4) is 0 Å². The molecule has 4 heteroatoms. The Morgan fingerprint density at radius 3 is 2.50 bits per heavy atom. The van der Waals surface area contributed by atoms with Crippen LogP contribution in [-0.4, -0.2) is 0 Å². The molecule has 0 bridgehead atoms. The summed E-state index contributed by atoms with van der Waals surface area (Å²) in [5, 5.41) is 0. The molecule has 0 saturated carbocycles. The second-order valence-electron chi connectivity index (χ2n) is 3.56. The molecule has 2 aromatic rings. The Balaban J connectivity index is 2.38. The van der Waals surface area contributed by atoms with Crippen LogP contribution >= 0.6 is 59.1 Å². The molecule has 2 rings (SSSR count). The third-order valence-electron chi connectivity index (χ3n) is 2.29. The third-order valence-corrected chi connectivity index (χ3v) is 5.70. The predicted octanol–water partition coefficient (Wildman–Crippen LogP) is 6.07. The van der Waals surface area contributed by atoms with Crippen molar-refractivity contribution in [2.45, 2.75) is 11.8 Å². The van der Waals surface area contributed by atoms with Gasteiger partial charge in [0.05, 0.1) is 12.4 Å². The van der Waals surface area contributed by atoms with Crippen LogP contribution in [0.3, 0.4) is 0 Å². The van der Waals surface area contributed by atoms with E-state index >= 15 is 0 Å². The van der Waals surface area contributed by atoms with Crippen molar-refractivity contribution in [3.05, 3.63) is 54.6 Å². The van der Waals surface area contributed by atoms with Crippen LogP contribution in [0.4, 0.5) is 0 Å². The first kappa shape index (κ1) is 12.8. The Morgan fingerprint density at radius 1 is 1.19 bits per heavy atom. The highest BCUT2D eigenvalue weighted by Crippen LogP contribution is 2.41. The predicted molar refractivity (Wildman–Crippen MR) is 81.7 cm³/mol.